The molecule has 16 heavy (non-hydrogen) atoms. The second kappa shape index (κ2) is 5.12. The molecule has 1 aliphatic rings. The minimum absolute atomic E-state index is 0.0386. The van der Waals surface area contributed by atoms with Gasteiger partial charge >= 0.3 is 0 Å². The van der Waals surface area contributed by atoms with E-state index in [1.165, 1.54) is 0 Å². The monoisotopic (exact) mass is 262 g/mol. The van der Waals surface area contributed by atoms with E-state index >= 15 is 0 Å². The topological polar surface area (TPSA) is 70.9 Å². The summed E-state index contributed by atoms with van der Waals surface area (Å²) in [7, 11) is 0. The molecule has 0 spiro atoms. The standard InChI is InChI=1S/C9H12Cl2N4O/c10-7-13-8(11)15-9(14-7)12-5-3-1-2-4-6(5)16/h5-6,16H,1-4H2,(H,12,13,14,15). The number of rotatable bonds is 2. The van der Waals surface area contributed by atoms with E-state index < -0.39 is 0 Å². The summed E-state index contributed by atoms with van der Waals surface area (Å²) in [5.41, 5.74) is 0. The lowest BCUT2D eigenvalue weighted by Crippen LogP contribution is -2.36. The molecule has 1 heterocycles. The number of nitrogens with zero attached hydrogens (tertiary/aromatic N) is 3. The van der Waals surface area contributed by atoms with Crippen LogP contribution in [0.1, 0.15) is 25.7 Å². The molecule has 2 rings (SSSR count). The highest BCUT2D eigenvalue weighted by molar-refractivity contribution is 6.31. The van der Waals surface area contributed by atoms with Crippen LogP contribution in [-0.2, 0) is 0 Å². The van der Waals surface area contributed by atoms with Gasteiger partial charge in [-0.25, -0.2) is 0 Å². The number of nitrogens with one attached hydrogen (secondary N) is 1. The molecule has 5 nitrogen and oxygen atoms in total. The first kappa shape index (κ1) is 11.8. The molecule has 88 valence electrons. The number of aliphatic hydroxyl groups excluding tert-OH is 1. The minimum Gasteiger partial charge on any atom is -0.391 e. The first-order valence-corrected chi connectivity index (χ1v) is 5.92. The molecule has 0 aliphatic heterocycles. The number of aromatic nitrogens is 3. The number of hydrogen-bond acceptors (Lipinski definition) is 5. The van der Waals surface area contributed by atoms with Crippen LogP contribution < -0.4 is 5.32 Å². The van der Waals surface area contributed by atoms with Gasteiger partial charge in [0, 0.05) is 0 Å². The molecule has 7 heteroatoms. The number of halogens is 2. The second-order valence-electron chi connectivity index (χ2n) is 3.80. The maximum atomic E-state index is 9.77. The lowest BCUT2D eigenvalue weighted by atomic mass is 9.93. The fraction of sp³-hybridized carbons (Fsp3) is 0.667. The zero-order chi connectivity index (χ0) is 11.5. The Kier molecular flexibility index (Phi) is 3.78. The quantitative estimate of drug-likeness (QED) is 0.852. The van der Waals surface area contributed by atoms with E-state index in [9.17, 15) is 5.11 Å². The van der Waals surface area contributed by atoms with Gasteiger partial charge in [-0.05, 0) is 36.0 Å². The van der Waals surface area contributed by atoms with Crippen molar-refractivity contribution in [3.63, 3.8) is 0 Å². The van der Waals surface area contributed by atoms with Crippen LogP contribution in [0.3, 0.4) is 0 Å². The smallest absolute Gasteiger partial charge is 0.228 e. The van der Waals surface area contributed by atoms with Crippen molar-refractivity contribution in [1.82, 2.24) is 15.0 Å². The molecule has 2 unspecified atom stereocenters. The number of aliphatic hydroxyl groups is 1. The molecule has 1 saturated carbocycles. The van der Waals surface area contributed by atoms with E-state index in [-0.39, 0.29) is 22.7 Å². The van der Waals surface area contributed by atoms with Gasteiger partial charge in [-0.3, -0.25) is 0 Å². The predicted molar refractivity (Wildman–Crippen MR) is 61.7 cm³/mol. The van der Waals surface area contributed by atoms with Gasteiger partial charge in [0.2, 0.25) is 16.5 Å². The molecular weight excluding hydrogens is 251 g/mol. The molecular formula is C9H12Cl2N4O. The van der Waals surface area contributed by atoms with Crippen molar-refractivity contribution in [1.29, 1.82) is 0 Å². The Labute approximate surface area is 103 Å². The van der Waals surface area contributed by atoms with E-state index in [1.807, 2.05) is 0 Å². The lowest BCUT2D eigenvalue weighted by molar-refractivity contribution is 0.116. The zero-order valence-corrected chi connectivity index (χ0v) is 10.0. The van der Waals surface area contributed by atoms with E-state index in [0.29, 0.717) is 5.95 Å². The molecule has 1 fully saturated rings. The van der Waals surface area contributed by atoms with Gasteiger partial charge in [0.05, 0.1) is 12.1 Å². The van der Waals surface area contributed by atoms with Crippen LogP contribution in [0.25, 0.3) is 0 Å². The Morgan fingerprint density at radius 1 is 1.06 bits per heavy atom. The predicted octanol–water partition coefficient (Wildman–Crippen LogP) is 1.89. The average Bonchev–Trinajstić information content (AvgIpc) is 2.20. The van der Waals surface area contributed by atoms with Crippen LogP contribution >= 0.6 is 23.2 Å². The Bertz CT molecular complexity index is 356. The Hall–Kier alpha value is -0.650. The Morgan fingerprint density at radius 3 is 2.31 bits per heavy atom. The molecule has 0 bridgehead atoms. The molecule has 1 aromatic rings. The molecule has 2 N–H and O–H groups in total. The van der Waals surface area contributed by atoms with Crippen LogP contribution in [-0.4, -0.2) is 32.2 Å². The van der Waals surface area contributed by atoms with Crippen molar-refractivity contribution in [2.75, 3.05) is 5.32 Å². The Balaban J connectivity index is 2.07. The van der Waals surface area contributed by atoms with Crippen LogP contribution in [0.4, 0.5) is 5.95 Å². The number of hydrogen-bond donors (Lipinski definition) is 2. The van der Waals surface area contributed by atoms with Crippen molar-refractivity contribution in [2.45, 2.75) is 37.8 Å². The van der Waals surface area contributed by atoms with E-state index in [0.717, 1.165) is 25.7 Å². The van der Waals surface area contributed by atoms with Crippen molar-refractivity contribution in [2.24, 2.45) is 0 Å². The van der Waals surface area contributed by atoms with E-state index in [1.54, 1.807) is 0 Å². The van der Waals surface area contributed by atoms with Crippen LogP contribution in [0.5, 0.6) is 0 Å². The van der Waals surface area contributed by atoms with Gasteiger partial charge in [0.15, 0.2) is 0 Å². The molecule has 0 saturated heterocycles. The first-order valence-electron chi connectivity index (χ1n) is 5.17. The van der Waals surface area contributed by atoms with Gasteiger partial charge in [0.25, 0.3) is 0 Å². The summed E-state index contributed by atoms with van der Waals surface area (Å²) >= 11 is 11.3. The molecule has 0 radical (unpaired) electrons. The molecule has 2 atom stereocenters. The summed E-state index contributed by atoms with van der Waals surface area (Å²) in [4.78, 5) is 11.5. The normalized spacial score (nSPS) is 25.4. The SMILES string of the molecule is OC1CCCCC1Nc1nc(Cl)nc(Cl)n1. The summed E-state index contributed by atoms with van der Waals surface area (Å²) < 4.78 is 0. The highest BCUT2D eigenvalue weighted by Gasteiger charge is 2.23. The third-order valence-electron chi connectivity index (χ3n) is 2.62. The van der Waals surface area contributed by atoms with Crippen molar-refractivity contribution in [3.05, 3.63) is 10.6 Å². The summed E-state index contributed by atoms with van der Waals surface area (Å²) in [6.07, 6.45) is 3.45. The molecule has 0 amide bonds. The summed E-state index contributed by atoms with van der Waals surface area (Å²) in [6, 6.07) is -0.0386. The van der Waals surface area contributed by atoms with E-state index in [2.05, 4.69) is 20.3 Å². The van der Waals surface area contributed by atoms with E-state index in [4.69, 9.17) is 23.2 Å². The summed E-state index contributed by atoms with van der Waals surface area (Å²) in [6.45, 7) is 0. The van der Waals surface area contributed by atoms with Crippen molar-refractivity contribution in [3.8, 4) is 0 Å². The maximum absolute atomic E-state index is 9.77. The van der Waals surface area contributed by atoms with Gasteiger partial charge in [-0.1, -0.05) is 12.8 Å². The molecule has 0 aromatic carbocycles. The van der Waals surface area contributed by atoms with Crippen LogP contribution in [0.15, 0.2) is 0 Å². The zero-order valence-electron chi connectivity index (χ0n) is 8.53. The minimum atomic E-state index is -0.372. The third kappa shape index (κ3) is 2.93. The fourth-order valence-electron chi connectivity index (χ4n) is 1.84. The average molecular weight is 263 g/mol. The molecule has 1 aliphatic carbocycles. The highest BCUT2D eigenvalue weighted by Crippen LogP contribution is 2.21. The number of anilines is 1. The van der Waals surface area contributed by atoms with Gasteiger partial charge < -0.3 is 10.4 Å². The first-order chi connectivity index (χ1) is 7.65. The summed E-state index contributed by atoms with van der Waals surface area (Å²) in [5.74, 6) is 0.316. The van der Waals surface area contributed by atoms with Gasteiger partial charge in [-0.2, -0.15) is 15.0 Å². The van der Waals surface area contributed by atoms with Crippen LogP contribution in [0, 0.1) is 0 Å². The largest absolute Gasteiger partial charge is 0.391 e. The fourth-order valence-corrected chi connectivity index (χ4v) is 2.20. The highest BCUT2D eigenvalue weighted by atomic mass is 35.5. The molecule has 1 aromatic heterocycles. The van der Waals surface area contributed by atoms with Gasteiger partial charge in [-0.15, -0.1) is 0 Å². The third-order valence-corrected chi connectivity index (χ3v) is 2.96. The van der Waals surface area contributed by atoms with Crippen LogP contribution in [0.2, 0.25) is 10.6 Å². The maximum Gasteiger partial charge on any atom is 0.228 e. The Morgan fingerprint density at radius 2 is 1.69 bits per heavy atom. The second-order valence-corrected chi connectivity index (χ2v) is 4.48. The lowest BCUT2D eigenvalue weighted by Gasteiger charge is -2.28. The summed E-state index contributed by atoms with van der Waals surface area (Å²) in [5, 5.41) is 12.9. The van der Waals surface area contributed by atoms with Gasteiger partial charge in [0.1, 0.15) is 0 Å². The van der Waals surface area contributed by atoms with Crippen molar-refractivity contribution >= 4 is 29.2 Å². The van der Waals surface area contributed by atoms with Crippen molar-refractivity contribution < 1.29 is 5.11 Å².